The summed E-state index contributed by atoms with van der Waals surface area (Å²) < 4.78 is 0. The normalized spacial score (nSPS) is 12.2. The second-order valence-electron chi connectivity index (χ2n) is 4.57. The summed E-state index contributed by atoms with van der Waals surface area (Å²) in [5.41, 5.74) is 1.79. The lowest BCUT2D eigenvalue weighted by atomic mass is 10.1. The minimum Gasteiger partial charge on any atom is -0.395 e. The Bertz CT molecular complexity index is 516. The van der Waals surface area contributed by atoms with Crippen LogP contribution in [0.5, 0.6) is 0 Å². The van der Waals surface area contributed by atoms with Crippen LogP contribution in [-0.2, 0) is 0 Å². The molecule has 0 unspecified atom stereocenters. The smallest absolute Gasteiger partial charge is 0.0964 e. The topological polar surface area (TPSA) is 43.7 Å². The molecule has 2 aromatic rings. The van der Waals surface area contributed by atoms with Crippen molar-refractivity contribution in [3.8, 4) is 0 Å². The van der Waals surface area contributed by atoms with Crippen molar-refractivity contribution in [2.75, 3.05) is 24.6 Å². The van der Waals surface area contributed by atoms with Crippen LogP contribution in [0.1, 0.15) is 11.7 Å². The van der Waals surface area contributed by atoms with Gasteiger partial charge in [0.1, 0.15) is 0 Å². The Kier molecular flexibility index (Phi) is 5.41. The highest BCUT2D eigenvalue weighted by Crippen LogP contribution is 2.20. The highest BCUT2D eigenvalue weighted by atomic mass is 35.5. The van der Waals surface area contributed by atoms with Gasteiger partial charge in [-0.2, -0.15) is 0 Å². The third-order valence-electron chi connectivity index (χ3n) is 3.14. The molecule has 0 spiro atoms. The number of aliphatic hydroxyl groups excluding tert-OH is 2. The lowest BCUT2D eigenvalue weighted by Crippen LogP contribution is -2.31. The van der Waals surface area contributed by atoms with Gasteiger partial charge >= 0.3 is 0 Å². The van der Waals surface area contributed by atoms with E-state index in [1.54, 1.807) is 12.1 Å². The molecule has 2 N–H and O–H groups in total. The fourth-order valence-electron chi connectivity index (χ4n) is 2.08. The molecule has 1 atom stereocenters. The largest absolute Gasteiger partial charge is 0.395 e. The Hall–Kier alpha value is -1.55. The molecule has 20 heavy (non-hydrogen) atoms. The van der Waals surface area contributed by atoms with Crippen molar-refractivity contribution in [1.29, 1.82) is 0 Å². The van der Waals surface area contributed by atoms with E-state index in [-0.39, 0.29) is 6.61 Å². The molecule has 106 valence electrons. The summed E-state index contributed by atoms with van der Waals surface area (Å²) in [7, 11) is 0. The Balaban J connectivity index is 2.10. The van der Waals surface area contributed by atoms with E-state index in [0.29, 0.717) is 18.1 Å². The number of hydrogen-bond acceptors (Lipinski definition) is 3. The van der Waals surface area contributed by atoms with Crippen molar-refractivity contribution < 1.29 is 10.2 Å². The van der Waals surface area contributed by atoms with Gasteiger partial charge < -0.3 is 15.1 Å². The number of nitrogens with zero attached hydrogens (tertiary/aromatic N) is 1. The number of halogens is 1. The van der Waals surface area contributed by atoms with E-state index in [1.165, 1.54) is 0 Å². The Morgan fingerprint density at radius 2 is 1.65 bits per heavy atom. The predicted molar refractivity (Wildman–Crippen MR) is 82.2 cm³/mol. The number of hydrogen-bond donors (Lipinski definition) is 2. The standard InChI is InChI=1S/C16H18ClNO2/c17-14-8-6-13(7-9-14)16(20)12-18(10-11-19)15-4-2-1-3-5-15/h1-9,16,19-20H,10-12H2/t16-/m0/s1. The second kappa shape index (κ2) is 7.29. The molecule has 0 aromatic heterocycles. The molecule has 0 saturated carbocycles. The number of aliphatic hydroxyl groups is 2. The number of para-hydroxylation sites is 1. The van der Waals surface area contributed by atoms with E-state index < -0.39 is 6.10 Å². The first-order valence-corrected chi connectivity index (χ1v) is 6.93. The monoisotopic (exact) mass is 291 g/mol. The van der Waals surface area contributed by atoms with E-state index in [1.807, 2.05) is 47.4 Å². The Morgan fingerprint density at radius 1 is 1.00 bits per heavy atom. The highest BCUT2D eigenvalue weighted by Gasteiger charge is 2.13. The molecule has 0 amide bonds. The minimum absolute atomic E-state index is 0.0439. The van der Waals surface area contributed by atoms with Crippen LogP contribution in [0.3, 0.4) is 0 Å². The zero-order valence-electron chi connectivity index (χ0n) is 11.1. The minimum atomic E-state index is -0.626. The maximum atomic E-state index is 10.3. The highest BCUT2D eigenvalue weighted by molar-refractivity contribution is 6.30. The van der Waals surface area contributed by atoms with Crippen LogP contribution in [0.15, 0.2) is 54.6 Å². The van der Waals surface area contributed by atoms with Crippen molar-refractivity contribution in [2.45, 2.75) is 6.10 Å². The van der Waals surface area contributed by atoms with Gasteiger partial charge in [-0.25, -0.2) is 0 Å². The predicted octanol–water partition coefficient (Wildman–Crippen LogP) is 2.87. The first kappa shape index (κ1) is 14.9. The third-order valence-corrected chi connectivity index (χ3v) is 3.39. The molecule has 4 heteroatoms. The quantitative estimate of drug-likeness (QED) is 0.860. The average Bonchev–Trinajstić information content (AvgIpc) is 2.48. The Labute approximate surface area is 124 Å². The van der Waals surface area contributed by atoms with Crippen LogP contribution in [0.25, 0.3) is 0 Å². The molecule has 2 rings (SSSR count). The molecule has 3 nitrogen and oxygen atoms in total. The van der Waals surface area contributed by atoms with E-state index in [0.717, 1.165) is 11.3 Å². The number of anilines is 1. The summed E-state index contributed by atoms with van der Waals surface area (Å²) in [5, 5.41) is 20.1. The van der Waals surface area contributed by atoms with Gasteiger partial charge in [0.2, 0.25) is 0 Å². The summed E-state index contributed by atoms with van der Waals surface area (Å²) in [6, 6.07) is 16.9. The van der Waals surface area contributed by atoms with Gasteiger partial charge in [-0.3, -0.25) is 0 Å². The molecule has 0 heterocycles. The lowest BCUT2D eigenvalue weighted by molar-refractivity contribution is 0.180. The molecule has 0 saturated heterocycles. The summed E-state index contributed by atoms with van der Waals surface area (Å²) in [4.78, 5) is 1.96. The molecule has 0 fully saturated rings. The molecule has 0 bridgehead atoms. The second-order valence-corrected chi connectivity index (χ2v) is 5.01. The van der Waals surface area contributed by atoms with Gasteiger partial charge in [0.25, 0.3) is 0 Å². The van der Waals surface area contributed by atoms with Crippen LogP contribution < -0.4 is 4.90 Å². The number of benzene rings is 2. The van der Waals surface area contributed by atoms with Crippen LogP contribution in [0.2, 0.25) is 5.02 Å². The molecular weight excluding hydrogens is 274 g/mol. The fourth-order valence-corrected chi connectivity index (χ4v) is 2.21. The summed E-state index contributed by atoms with van der Waals surface area (Å²) in [6.07, 6.45) is -0.626. The first-order valence-electron chi connectivity index (χ1n) is 6.55. The maximum absolute atomic E-state index is 10.3. The first-order chi connectivity index (χ1) is 9.70. The summed E-state index contributed by atoms with van der Waals surface area (Å²) in [5.74, 6) is 0. The SMILES string of the molecule is OCCN(C[C@H](O)c1ccc(Cl)cc1)c1ccccc1. The van der Waals surface area contributed by atoms with Crippen LogP contribution >= 0.6 is 11.6 Å². The van der Waals surface area contributed by atoms with E-state index in [4.69, 9.17) is 11.6 Å². The summed E-state index contributed by atoms with van der Waals surface area (Å²) >= 11 is 5.84. The molecule has 0 radical (unpaired) electrons. The van der Waals surface area contributed by atoms with Gasteiger partial charge in [-0.1, -0.05) is 41.9 Å². The van der Waals surface area contributed by atoms with E-state index >= 15 is 0 Å². The van der Waals surface area contributed by atoms with Gasteiger partial charge in [0, 0.05) is 23.8 Å². The molecule has 2 aromatic carbocycles. The van der Waals surface area contributed by atoms with Crippen LogP contribution in [0, 0.1) is 0 Å². The van der Waals surface area contributed by atoms with Crippen LogP contribution in [0.4, 0.5) is 5.69 Å². The van der Waals surface area contributed by atoms with E-state index in [9.17, 15) is 10.2 Å². The van der Waals surface area contributed by atoms with Crippen molar-refractivity contribution in [3.63, 3.8) is 0 Å². The van der Waals surface area contributed by atoms with Crippen molar-refractivity contribution in [3.05, 3.63) is 65.2 Å². The molecule has 0 aliphatic rings. The number of rotatable bonds is 6. The van der Waals surface area contributed by atoms with Gasteiger partial charge in [0.15, 0.2) is 0 Å². The van der Waals surface area contributed by atoms with E-state index in [2.05, 4.69) is 0 Å². The zero-order chi connectivity index (χ0) is 14.4. The lowest BCUT2D eigenvalue weighted by Gasteiger charge is -2.26. The summed E-state index contributed by atoms with van der Waals surface area (Å²) in [6.45, 7) is 0.948. The molecular formula is C16H18ClNO2. The van der Waals surface area contributed by atoms with Crippen molar-refractivity contribution in [2.24, 2.45) is 0 Å². The molecule has 0 aliphatic carbocycles. The van der Waals surface area contributed by atoms with Gasteiger partial charge in [-0.15, -0.1) is 0 Å². The zero-order valence-corrected chi connectivity index (χ0v) is 11.9. The van der Waals surface area contributed by atoms with Crippen molar-refractivity contribution >= 4 is 17.3 Å². The van der Waals surface area contributed by atoms with Crippen LogP contribution in [-0.4, -0.2) is 29.9 Å². The average molecular weight is 292 g/mol. The van der Waals surface area contributed by atoms with Gasteiger partial charge in [-0.05, 0) is 29.8 Å². The third kappa shape index (κ3) is 3.97. The Morgan fingerprint density at radius 3 is 2.25 bits per heavy atom. The van der Waals surface area contributed by atoms with Gasteiger partial charge in [0.05, 0.1) is 12.7 Å². The molecule has 0 aliphatic heterocycles. The van der Waals surface area contributed by atoms with Crippen molar-refractivity contribution in [1.82, 2.24) is 0 Å². The maximum Gasteiger partial charge on any atom is 0.0964 e. The fraction of sp³-hybridized carbons (Fsp3) is 0.250.